The van der Waals surface area contributed by atoms with Gasteiger partial charge in [-0.05, 0) is 58.0 Å². The molecule has 2 heteroatoms. The van der Waals surface area contributed by atoms with Crippen molar-refractivity contribution in [3.63, 3.8) is 0 Å². The van der Waals surface area contributed by atoms with Crippen molar-refractivity contribution in [2.75, 3.05) is 4.90 Å². The van der Waals surface area contributed by atoms with Crippen LogP contribution in [0.15, 0.2) is 176 Å². The second kappa shape index (κ2) is 11.1. The Balaban J connectivity index is 1.11. The Hall–Kier alpha value is -5.86. The number of nitrogens with one attached hydrogen (secondary N) is 1. The van der Waals surface area contributed by atoms with E-state index >= 15 is 0 Å². The zero-order valence-corrected chi connectivity index (χ0v) is 24.2. The van der Waals surface area contributed by atoms with Crippen LogP contribution in [0.3, 0.4) is 0 Å². The summed E-state index contributed by atoms with van der Waals surface area (Å²) in [5, 5.41) is 5.99. The van der Waals surface area contributed by atoms with Gasteiger partial charge in [0.2, 0.25) is 0 Å². The van der Waals surface area contributed by atoms with Crippen molar-refractivity contribution in [3.8, 4) is 22.3 Å². The molecule has 2 nitrogen and oxygen atoms in total. The van der Waals surface area contributed by atoms with Gasteiger partial charge in [-0.3, -0.25) is 0 Å². The van der Waals surface area contributed by atoms with Crippen molar-refractivity contribution in [3.05, 3.63) is 187 Å². The third-order valence-corrected chi connectivity index (χ3v) is 8.37. The van der Waals surface area contributed by atoms with E-state index in [0.717, 1.165) is 11.4 Å². The predicted molar refractivity (Wildman–Crippen MR) is 186 cm³/mol. The number of nitrogens with zero attached hydrogens (tertiary/aromatic N) is 1. The molecule has 44 heavy (non-hydrogen) atoms. The molecule has 1 aliphatic heterocycles. The standard InChI is InChI=1S/C42H30N2/c1-3-13-34(14-4-1)41-42(43-41)39-20-10-9-18-37(39)33-24-22-30(23-25-33)31-26-28-36(29-27-31)44(35-16-5-2-6-17-35)40-21-11-15-32-12-7-8-19-38(32)40/h1-29,43H. The van der Waals surface area contributed by atoms with Crippen LogP contribution in [0.4, 0.5) is 17.1 Å². The summed E-state index contributed by atoms with van der Waals surface area (Å²) < 4.78 is 0. The first-order chi connectivity index (χ1) is 21.8. The van der Waals surface area contributed by atoms with Gasteiger partial charge in [0.05, 0.1) is 17.1 Å². The lowest BCUT2D eigenvalue weighted by molar-refractivity contribution is 1.30. The molecule has 0 saturated carbocycles. The second-order valence-corrected chi connectivity index (χ2v) is 11.1. The molecule has 1 N–H and O–H groups in total. The fourth-order valence-electron chi connectivity index (χ4n) is 6.12. The SMILES string of the molecule is c1ccc(C2=C(c3ccccc3-c3ccc(-c4ccc(N(c5ccccc5)c5cccc6ccccc56)cc4)cc3)N2)cc1. The first kappa shape index (κ1) is 25.8. The molecule has 1 heterocycles. The molecule has 0 atom stereocenters. The molecular weight excluding hydrogens is 532 g/mol. The van der Waals surface area contributed by atoms with Crippen LogP contribution in [0.5, 0.6) is 0 Å². The summed E-state index contributed by atoms with van der Waals surface area (Å²) in [5.74, 6) is 0. The van der Waals surface area contributed by atoms with Gasteiger partial charge in [-0.1, -0.05) is 146 Å². The molecule has 0 radical (unpaired) electrons. The van der Waals surface area contributed by atoms with E-state index in [-0.39, 0.29) is 0 Å². The first-order valence-electron chi connectivity index (χ1n) is 15.0. The Morgan fingerprint density at radius 2 is 0.886 bits per heavy atom. The van der Waals surface area contributed by atoms with Crippen LogP contribution in [0, 0.1) is 0 Å². The number of hydrogen-bond acceptors (Lipinski definition) is 2. The average Bonchev–Trinajstić information content (AvgIpc) is 3.91. The highest BCUT2D eigenvalue weighted by Crippen LogP contribution is 2.41. The van der Waals surface area contributed by atoms with E-state index in [1.165, 1.54) is 61.2 Å². The lowest BCUT2D eigenvalue weighted by Crippen LogP contribution is -2.10. The molecule has 0 spiro atoms. The highest BCUT2D eigenvalue weighted by atomic mass is 15.1. The molecule has 0 aromatic heterocycles. The number of hydrogen-bond donors (Lipinski definition) is 1. The summed E-state index contributed by atoms with van der Waals surface area (Å²) in [5.41, 5.74) is 13.1. The Morgan fingerprint density at radius 1 is 0.341 bits per heavy atom. The lowest BCUT2D eigenvalue weighted by Gasteiger charge is -2.27. The minimum Gasteiger partial charge on any atom is -0.351 e. The van der Waals surface area contributed by atoms with E-state index in [4.69, 9.17) is 0 Å². The van der Waals surface area contributed by atoms with Crippen LogP contribution < -0.4 is 10.2 Å². The van der Waals surface area contributed by atoms with Gasteiger partial charge in [-0.15, -0.1) is 0 Å². The Kier molecular flexibility index (Phi) is 6.51. The fraction of sp³-hybridized carbons (Fsp3) is 0. The smallest absolute Gasteiger partial charge is 0.0710 e. The van der Waals surface area contributed by atoms with Crippen molar-refractivity contribution in [1.82, 2.24) is 5.32 Å². The summed E-state index contributed by atoms with van der Waals surface area (Å²) >= 11 is 0. The Bertz CT molecular complexity index is 2110. The molecule has 8 rings (SSSR count). The van der Waals surface area contributed by atoms with Gasteiger partial charge in [0.15, 0.2) is 0 Å². The topological polar surface area (TPSA) is 25.2 Å². The Labute approximate surface area is 258 Å². The maximum absolute atomic E-state index is 3.53. The predicted octanol–water partition coefficient (Wildman–Crippen LogP) is 11.1. The molecule has 0 bridgehead atoms. The average molecular weight is 563 g/mol. The van der Waals surface area contributed by atoms with E-state index in [1.54, 1.807) is 0 Å². The van der Waals surface area contributed by atoms with Gasteiger partial charge in [0.1, 0.15) is 0 Å². The van der Waals surface area contributed by atoms with Crippen molar-refractivity contribution in [1.29, 1.82) is 0 Å². The van der Waals surface area contributed by atoms with Crippen molar-refractivity contribution < 1.29 is 0 Å². The van der Waals surface area contributed by atoms with Crippen LogP contribution in [0.2, 0.25) is 0 Å². The number of rotatable bonds is 7. The fourth-order valence-corrected chi connectivity index (χ4v) is 6.12. The van der Waals surface area contributed by atoms with Gasteiger partial charge < -0.3 is 10.2 Å². The van der Waals surface area contributed by atoms with Crippen molar-refractivity contribution >= 4 is 39.2 Å². The highest BCUT2D eigenvalue weighted by Gasteiger charge is 2.26. The third-order valence-electron chi connectivity index (χ3n) is 8.37. The minimum atomic E-state index is 1.13. The van der Waals surface area contributed by atoms with E-state index in [2.05, 4.69) is 186 Å². The second-order valence-electron chi connectivity index (χ2n) is 11.1. The van der Waals surface area contributed by atoms with E-state index < -0.39 is 0 Å². The summed E-state index contributed by atoms with van der Waals surface area (Å²) in [7, 11) is 0. The zero-order chi connectivity index (χ0) is 29.3. The molecule has 0 aliphatic carbocycles. The molecule has 0 unspecified atom stereocenters. The lowest BCUT2D eigenvalue weighted by atomic mass is 9.96. The van der Waals surface area contributed by atoms with E-state index in [0.29, 0.717) is 0 Å². The van der Waals surface area contributed by atoms with Crippen LogP contribution in [0.25, 0.3) is 44.4 Å². The number of fused-ring (bicyclic) bond motifs is 1. The van der Waals surface area contributed by atoms with Gasteiger partial charge in [-0.2, -0.15) is 0 Å². The molecular formula is C42H30N2. The summed E-state index contributed by atoms with van der Waals surface area (Å²) in [6.07, 6.45) is 0. The third kappa shape index (κ3) is 4.83. The van der Waals surface area contributed by atoms with E-state index in [9.17, 15) is 0 Å². The van der Waals surface area contributed by atoms with Gasteiger partial charge >= 0.3 is 0 Å². The number of para-hydroxylation sites is 1. The quantitative estimate of drug-likeness (QED) is 0.209. The number of benzene rings is 7. The molecule has 7 aromatic rings. The van der Waals surface area contributed by atoms with Crippen molar-refractivity contribution in [2.45, 2.75) is 0 Å². The molecule has 0 amide bonds. The monoisotopic (exact) mass is 562 g/mol. The molecule has 7 aromatic carbocycles. The van der Waals surface area contributed by atoms with Crippen LogP contribution in [0.1, 0.15) is 11.1 Å². The zero-order valence-electron chi connectivity index (χ0n) is 24.2. The summed E-state index contributed by atoms with van der Waals surface area (Å²) in [6.45, 7) is 0. The molecule has 1 aliphatic rings. The minimum absolute atomic E-state index is 1.13. The molecule has 0 saturated heterocycles. The normalized spacial score (nSPS) is 12.2. The van der Waals surface area contributed by atoms with E-state index in [1.807, 2.05) is 0 Å². The summed E-state index contributed by atoms with van der Waals surface area (Å²) in [6, 6.07) is 62.7. The van der Waals surface area contributed by atoms with Crippen LogP contribution >= 0.6 is 0 Å². The van der Waals surface area contributed by atoms with Crippen LogP contribution in [-0.4, -0.2) is 0 Å². The van der Waals surface area contributed by atoms with Crippen LogP contribution in [-0.2, 0) is 0 Å². The first-order valence-corrected chi connectivity index (χ1v) is 15.0. The summed E-state index contributed by atoms with van der Waals surface area (Å²) in [4.78, 5) is 2.34. The van der Waals surface area contributed by atoms with Crippen molar-refractivity contribution in [2.24, 2.45) is 0 Å². The molecule has 208 valence electrons. The number of anilines is 3. The maximum atomic E-state index is 3.53. The molecule has 0 fully saturated rings. The van der Waals surface area contributed by atoms with Gasteiger partial charge in [0.25, 0.3) is 0 Å². The maximum Gasteiger partial charge on any atom is 0.0710 e. The van der Waals surface area contributed by atoms with Gasteiger partial charge in [-0.25, -0.2) is 0 Å². The Morgan fingerprint density at radius 3 is 1.64 bits per heavy atom. The largest absolute Gasteiger partial charge is 0.351 e. The van der Waals surface area contributed by atoms with Gasteiger partial charge in [0, 0.05) is 27.9 Å². The highest BCUT2D eigenvalue weighted by molar-refractivity contribution is 6.07.